The van der Waals surface area contributed by atoms with Crippen LogP contribution in [0.5, 0.6) is 0 Å². The topological polar surface area (TPSA) is 8.17 Å². The van der Waals surface area contributed by atoms with Crippen LogP contribution in [0.15, 0.2) is 66.4 Å². The largest absolute Gasteiger partial charge is 0.347 e. The van der Waals surface area contributed by atoms with E-state index in [-0.39, 0.29) is 0 Å². The molecule has 0 saturated heterocycles. The van der Waals surface area contributed by atoms with Gasteiger partial charge in [0.25, 0.3) is 0 Å². The van der Waals surface area contributed by atoms with Gasteiger partial charge in [-0.05, 0) is 65.8 Å². The fourth-order valence-electron chi connectivity index (χ4n) is 5.41. The highest BCUT2D eigenvalue weighted by Crippen LogP contribution is 2.48. The Morgan fingerprint density at radius 2 is 1.96 bits per heavy atom. The van der Waals surface area contributed by atoms with Gasteiger partial charge in [0.2, 0.25) is 0 Å². The third-order valence-electron chi connectivity index (χ3n) is 6.81. The first-order valence-electron chi connectivity index (χ1n) is 10.3. The first-order valence-corrected chi connectivity index (χ1v) is 10.3. The molecule has 1 aliphatic heterocycles. The number of likely N-dealkylation sites (N-methyl/N-ethyl adjacent to an activating group) is 1. The summed E-state index contributed by atoms with van der Waals surface area (Å²) in [7, 11) is 4.41. The van der Waals surface area contributed by atoms with Crippen molar-refractivity contribution in [1.82, 2.24) is 4.57 Å². The maximum absolute atomic E-state index is 2.40. The smallest absolute Gasteiger partial charge is 0.0491 e. The molecule has 0 spiro atoms. The fourth-order valence-corrected chi connectivity index (χ4v) is 5.41. The molecule has 1 atom stereocenters. The van der Waals surface area contributed by atoms with Crippen LogP contribution in [-0.4, -0.2) is 11.6 Å². The average Bonchev–Trinajstić information content (AvgIpc) is 3.21. The van der Waals surface area contributed by atoms with Gasteiger partial charge in [-0.15, -0.1) is 0 Å². The summed E-state index contributed by atoms with van der Waals surface area (Å²) in [5.41, 5.74) is 11.2. The Morgan fingerprint density at radius 1 is 1.04 bits per heavy atom. The average molecular weight is 364 g/mol. The van der Waals surface area contributed by atoms with Gasteiger partial charge in [0.15, 0.2) is 0 Å². The van der Waals surface area contributed by atoms with Gasteiger partial charge in [-0.25, -0.2) is 0 Å². The minimum Gasteiger partial charge on any atom is -0.347 e. The summed E-state index contributed by atoms with van der Waals surface area (Å²) in [6.07, 6.45) is 14.7. The lowest BCUT2D eigenvalue weighted by Gasteiger charge is -2.19. The molecule has 138 valence electrons. The van der Waals surface area contributed by atoms with Crippen molar-refractivity contribution >= 4 is 22.7 Å². The van der Waals surface area contributed by atoms with Crippen LogP contribution < -0.4 is 4.90 Å². The maximum atomic E-state index is 2.40. The number of aryl methyl sites for hydroxylation is 2. The molecule has 0 radical (unpaired) electrons. The van der Waals surface area contributed by atoms with E-state index in [2.05, 4.69) is 90.3 Å². The predicted octanol–water partition coefficient (Wildman–Crippen LogP) is 6.18. The third kappa shape index (κ3) is 2.03. The van der Waals surface area contributed by atoms with Gasteiger partial charge < -0.3 is 9.47 Å². The van der Waals surface area contributed by atoms with E-state index in [1.807, 2.05) is 0 Å². The molecule has 2 aromatic carbocycles. The minimum absolute atomic E-state index is 0.518. The van der Waals surface area contributed by atoms with Crippen LogP contribution in [-0.2, 0) is 13.5 Å². The van der Waals surface area contributed by atoms with Crippen LogP contribution in [0.3, 0.4) is 0 Å². The number of hydrogen-bond acceptors (Lipinski definition) is 1. The van der Waals surface area contributed by atoms with E-state index in [1.165, 1.54) is 50.2 Å². The SMILES string of the molecule is CN1C2=CC=CCC2c2ccc(-c3cccc4c3c3c(n4C)C=CCC3)cc21. The number of anilines is 1. The monoisotopic (exact) mass is 364 g/mol. The summed E-state index contributed by atoms with van der Waals surface area (Å²) in [4.78, 5) is 2.39. The minimum atomic E-state index is 0.518. The standard InChI is InChI=1S/C26H24N2/c1-27-23-12-6-4-9-21(23)26-18(10-7-13-24(26)27)17-14-15-20-19-8-3-5-11-22(19)28(2)25(20)16-17/h3,5-7,10-16,19H,4,8-9H2,1-2H3. The summed E-state index contributed by atoms with van der Waals surface area (Å²) >= 11 is 0. The number of benzene rings is 2. The number of fused-ring (bicyclic) bond motifs is 6. The maximum Gasteiger partial charge on any atom is 0.0491 e. The molecule has 1 unspecified atom stereocenters. The van der Waals surface area contributed by atoms with Crippen molar-refractivity contribution in [3.8, 4) is 11.1 Å². The zero-order chi connectivity index (χ0) is 18.8. The predicted molar refractivity (Wildman–Crippen MR) is 119 cm³/mol. The van der Waals surface area contributed by atoms with Gasteiger partial charge in [-0.1, -0.05) is 42.5 Å². The molecular formula is C26H24N2. The van der Waals surface area contributed by atoms with Crippen molar-refractivity contribution in [2.24, 2.45) is 7.05 Å². The summed E-state index contributed by atoms with van der Waals surface area (Å²) in [6, 6.07) is 13.9. The lowest BCUT2D eigenvalue weighted by atomic mass is 9.90. The van der Waals surface area contributed by atoms with Gasteiger partial charge in [-0.3, -0.25) is 0 Å². The van der Waals surface area contributed by atoms with Crippen LogP contribution >= 0.6 is 0 Å². The van der Waals surface area contributed by atoms with Crippen LogP contribution in [0.2, 0.25) is 0 Å². The van der Waals surface area contributed by atoms with Gasteiger partial charge in [0.1, 0.15) is 0 Å². The molecule has 1 aromatic heterocycles. The summed E-state index contributed by atoms with van der Waals surface area (Å²) in [5, 5.41) is 1.43. The second kappa shape index (κ2) is 5.75. The highest BCUT2D eigenvalue weighted by Gasteiger charge is 2.32. The van der Waals surface area contributed by atoms with Crippen molar-refractivity contribution in [3.63, 3.8) is 0 Å². The van der Waals surface area contributed by atoms with E-state index in [0.29, 0.717) is 5.92 Å². The van der Waals surface area contributed by atoms with Crippen molar-refractivity contribution < 1.29 is 0 Å². The third-order valence-corrected chi connectivity index (χ3v) is 6.81. The molecule has 0 saturated carbocycles. The van der Waals surface area contributed by atoms with Gasteiger partial charge >= 0.3 is 0 Å². The Kier molecular flexibility index (Phi) is 3.28. The molecule has 2 heterocycles. The Balaban J connectivity index is 1.57. The van der Waals surface area contributed by atoms with E-state index in [1.54, 1.807) is 0 Å². The van der Waals surface area contributed by atoms with E-state index >= 15 is 0 Å². The summed E-state index contributed by atoms with van der Waals surface area (Å²) in [5.74, 6) is 0.518. The number of aromatic nitrogens is 1. The Labute approximate surface area is 166 Å². The van der Waals surface area contributed by atoms with Crippen LogP contribution in [0.4, 0.5) is 5.69 Å². The summed E-state index contributed by atoms with van der Waals surface area (Å²) < 4.78 is 2.36. The lowest BCUT2D eigenvalue weighted by Crippen LogP contribution is -2.14. The van der Waals surface area contributed by atoms with Crippen molar-refractivity contribution in [2.75, 3.05) is 11.9 Å². The molecule has 0 N–H and O–H groups in total. The van der Waals surface area contributed by atoms with Crippen molar-refractivity contribution in [3.05, 3.63) is 83.2 Å². The Hall–Kier alpha value is -3.00. The number of nitrogens with zero attached hydrogens (tertiary/aromatic N) is 2. The Morgan fingerprint density at radius 3 is 2.89 bits per heavy atom. The van der Waals surface area contributed by atoms with Gasteiger partial charge in [0, 0.05) is 48.0 Å². The molecular weight excluding hydrogens is 340 g/mol. The molecule has 0 amide bonds. The van der Waals surface area contributed by atoms with Gasteiger partial charge in [-0.2, -0.15) is 0 Å². The molecule has 2 nitrogen and oxygen atoms in total. The lowest BCUT2D eigenvalue weighted by molar-refractivity contribution is 0.812. The molecule has 3 aliphatic rings. The van der Waals surface area contributed by atoms with Crippen molar-refractivity contribution in [1.29, 1.82) is 0 Å². The highest BCUT2D eigenvalue weighted by molar-refractivity contribution is 6.01. The van der Waals surface area contributed by atoms with Crippen LogP contribution in [0.25, 0.3) is 28.1 Å². The van der Waals surface area contributed by atoms with Crippen LogP contribution in [0.1, 0.15) is 35.6 Å². The number of allylic oxidation sites excluding steroid dienone is 5. The first-order chi connectivity index (χ1) is 13.7. The molecule has 28 heavy (non-hydrogen) atoms. The highest BCUT2D eigenvalue weighted by atomic mass is 15.1. The molecule has 2 heteroatoms. The Bertz CT molecular complexity index is 1220. The normalized spacial score (nSPS) is 19.6. The second-order valence-corrected chi connectivity index (χ2v) is 8.20. The molecule has 0 fully saturated rings. The van der Waals surface area contributed by atoms with E-state index < -0.39 is 0 Å². The van der Waals surface area contributed by atoms with Gasteiger partial charge in [0.05, 0.1) is 0 Å². The van der Waals surface area contributed by atoms with Crippen LogP contribution in [0, 0.1) is 0 Å². The zero-order valence-corrected chi connectivity index (χ0v) is 16.4. The van der Waals surface area contributed by atoms with E-state index in [9.17, 15) is 0 Å². The van der Waals surface area contributed by atoms with E-state index in [0.717, 1.165) is 19.3 Å². The second-order valence-electron chi connectivity index (χ2n) is 8.20. The summed E-state index contributed by atoms with van der Waals surface area (Å²) in [6.45, 7) is 0. The molecule has 3 aromatic rings. The first kappa shape index (κ1) is 16.0. The van der Waals surface area contributed by atoms with E-state index in [4.69, 9.17) is 0 Å². The molecule has 0 bridgehead atoms. The fraction of sp³-hybridized carbons (Fsp3) is 0.231. The number of hydrogen-bond donors (Lipinski definition) is 0. The molecule has 6 rings (SSSR count). The number of rotatable bonds is 1. The quantitative estimate of drug-likeness (QED) is 0.500. The zero-order valence-electron chi connectivity index (χ0n) is 16.4. The van der Waals surface area contributed by atoms with Crippen molar-refractivity contribution in [2.45, 2.75) is 25.2 Å². The molecule has 2 aliphatic carbocycles.